The van der Waals surface area contributed by atoms with Crippen LogP contribution in [0.5, 0.6) is 0 Å². The molecule has 1 amide bonds. The van der Waals surface area contributed by atoms with Crippen LogP contribution in [0, 0.1) is 19.8 Å². The van der Waals surface area contributed by atoms with Gasteiger partial charge in [0, 0.05) is 25.1 Å². The molecule has 0 aromatic carbocycles. The zero-order valence-electron chi connectivity index (χ0n) is 9.73. The van der Waals surface area contributed by atoms with Gasteiger partial charge in [-0.15, -0.1) is 6.58 Å². The zero-order chi connectivity index (χ0) is 11.7. The number of carbonyl (C=O) groups is 1. The molecule has 84 valence electrons. The van der Waals surface area contributed by atoms with Gasteiger partial charge in [0.15, 0.2) is 0 Å². The van der Waals surface area contributed by atoms with Crippen LogP contribution >= 0.6 is 0 Å². The van der Waals surface area contributed by atoms with Crippen molar-refractivity contribution in [1.29, 1.82) is 0 Å². The number of hydrogen-bond acceptors (Lipinski definition) is 2. The molecule has 0 radical (unpaired) electrons. The maximum absolute atomic E-state index is 11.8. The number of nitrogens with zero attached hydrogens (tertiary/aromatic N) is 2. The van der Waals surface area contributed by atoms with Gasteiger partial charge in [0.05, 0.1) is 0 Å². The average Bonchev–Trinajstić information content (AvgIpc) is 2.60. The molecule has 1 fully saturated rings. The summed E-state index contributed by atoms with van der Waals surface area (Å²) >= 11 is 0. The number of amides is 1. The van der Waals surface area contributed by atoms with Crippen LogP contribution in [0.15, 0.2) is 24.9 Å². The van der Waals surface area contributed by atoms with E-state index in [0.29, 0.717) is 13.0 Å². The lowest BCUT2D eigenvalue weighted by molar-refractivity contribution is -0.117. The van der Waals surface area contributed by atoms with Crippen LogP contribution in [0.1, 0.15) is 17.5 Å². The number of anilines is 1. The Kier molecular flexibility index (Phi) is 2.77. The summed E-state index contributed by atoms with van der Waals surface area (Å²) in [5.74, 6) is 1.19. The van der Waals surface area contributed by atoms with Crippen LogP contribution in [0.25, 0.3) is 0 Å². The molecule has 1 saturated heterocycles. The van der Waals surface area contributed by atoms with Crippen LogP contribution in [0.2, 0.25) is 0 Å². The smallest absolute Gasteiger partial charge is 0.228 e. The van der Waals surface area contributed by atoms with Crippen LogP contribution in [-0.2, 0) is 4.79 Å². The van der Waals surface area contributed by atoms with Gasteiger partial charge in [-0.2, -0.15) is 0 Å². The minimum absolute atomic E-state index is 0.143. The van der Waals surface area contributed by atoms with Gasteiger partial charge >= 0.3 is 0 Å². The van der Waals surface area contributed by atoms with Crippen LogP contribution in [-0.4, -0.2) is 17.4 Å². The molecule has 0 aliphatic carbocycles. The first-order valence-electron chi connectivity index (χ1n) is 5.48. The third kappa shape index (κ3) is 1.85. The minimum atomic E-state index is 0.143. The van der Waals surface area contributed by atoms with Gasteiger partial charge in [0.2, 0.25) is 5.91 Å². The van der Waals surface area contributed by atoms with Gasteiger partial charge in [-0.3, -0.25) is 9.69 Å². The molecule has 1 atom stereocenters. The fraction of sp³-hybridized carbons (Fsp3) is 0.385. The fourth-order valence-electron chi connectivity index (χ4n) is 2.09. The van der Waals surface area contributed by atoms with Crippen molar-refractivity contribution in [2.45, 2.75) is 20.3 Å². The normalized spacial score (nSPS) is 20.2. The van der Waals surface area contributed by atoms with Crippen molar-refractivity contribution < 1.29 is 4.79 Å². The summed E-state index contributed by atoms with van der Waals surface area (Å²) in [6.45, 7) is 8.44. The van der Waals surface area contributed by atoms with E-state index >= 15 is 0 Å². The average molecular weight is 216 g/mol. The highest BCUT2D eigenvalue weighted by molar-refractivity contribution is 5.95. The van der Waals surface area contributed by atoms with E-state index < -0.39 is 0 Å². The molecule has 0 N–H and O–H groups in total. The molecule has 0 spiro atoms. The lowest BCUT2D eigenvalue weighted by atomic mass is 10.1. The molecule has 0 bridgehead atoms. The Morgan fingerprint density at radius 2 is 2.31 bits per heavy atom. The van der Waals surface area contributed by atoms with Crippen molar-refractivity contribution in [3.8, 4) is 0 Å². The van der Waals surface area contributed by atoms with Crippen LogP contribution in [0.3, 0.4) is 0 Å². The molecule has 2 rings (SSSR count). The van der Waals surface area contributed by atoms with E-state index in [1.165, 1.54) is 0 Å². The fourth-order valence-corrected chi connectivity index (χ4v) is 2.09. The molecule has 1 unspecified atom stereocenters. The molecule has 1 aromatic heterocycles. The summed E-state index contributed by atoms with van der Waals surface area (Å²) in [5.41, 5.74) is 2.17. The second kappa shape index (κ2) is 4.08. The Morgan fingerprint density at radius 1 is 1.56 bits per heavy atom. The van der Waals surface area contributed by atoms with Gasteiger partial charge in [0.25, 0.3) is 0 Å². The van der Waals surface area contributed by atoms with E-state index in [9.17, 15) is 4.79 Å². The SMILES string of the molecule is C=CC1CC(=O)N(c2ncc(C)cc2C)C1. The summed E-state index contributed by atoms with van der Waals surface area (Å²) in [6.07, 6.45) is 4.21. The zero-order valence-corrected chi connectivity index (χ0v) is 9.73. The maximum Gasteiger partial charge on any atom is 0.228 e. The number of hydrogen-bond donors (Lipinski definition) is 0. The highest BCUT2D eigenvalue weighted by Gasteiger charge is 2.30. The Balaban J connectivity index is 2.31. The van der Waals surface area contributed by atoms with Crippen molar-refractivity contribution in [2.75, 3.05) is 11.4 Å². The van der Waals surface area contributed by atoms with E-state index in [0.717, 1.165) is 16.9 Å². The molecular formula is C13H16N2O. The van der Waals surface area contributed by atoms with Crippen LogP contribution in [0.4, 0.5) is 5.82 Å². The van der Waals surface area contributed by atoms with Crippen molar-refractivity contribution >= 4 is 11.7 Å². The van der Waals surface area contributed by atoms with E-state index in [1.54, 1.807) is 11.1 Å². The largest absolute Gasteiger partial charge is 0.296 e. The first-order valence-corrected chi connectivity index (χ1v) is 5.48. The van der Waals surface area contributed by atoms with E-state index in [-0.39, 0.29) is 11.8 Å². The van der Waals surface area contributed by atoms with Crippen LogP contribution < -0.4 is 4.90 Å². The van der Waals surface area contributed by atoms with E-state index in [4.69, 9.17) is 0 Å². The number of pyridine rings is 1. The van der Waals surface area contributed by atoms with Gasteiger partial charge in [-0.1, -0.05) is 12.1 Å². The first-order chi connectivity index (χ1) is 7.61. The first kappa shape index (κ1) is 10.9. The monoisotopic (exact) mass is 216 g/mol. The number of aryl methyl sites for hydroxylation is 2. The van der Waals surface area contributed by atoms with Crippen molar-refractivity contribution in [3.05, 3.63) is 36.0 Å². The molecule has 1 aliphatic heterocycles. The highest BCUT2D eigenvalue weighted by atomic mass is 16.2. The second-order valence-corrected chi connectivity index (χ2v) is 4.36. The standard InChI is InChI=1S/C13H16N2O/c1-4-11-6-12(16)15(8-11)13-10(3)5-9(2)7-14-13/h4-5,7,11H,1,6,8H2,2-3H3. The molecule has 16 heavy (non-hydrogen) atoms. The van der Waals surface area contributed by atoms with E-state index in [2.05, 4.69) is 17.6 Å². The van der Waals surface area contributed by atoms with Gasteiger partial charge in [-0.05, 0) is 25.0 Å². The third-order valence-electron chi connectivity index (χ3n) is 2.93. The molecule has 1 aliphatic rings. The number of aromatic nitrogens is 1. The second-order valence-electron chi connectivity index (χ2n) is 4.36. The lowest BCUT2D eigenvalue weighted by Crippen LogP contribution is -2.26. The van der Waals surface area contributed by atoms with Gasteiger partial charge in [0.1, 0.15) is 5.82 Å². The molecule has 0 saturated carbocycles. The van der Waals surface area contributed by atoms with Gasteiger partial charge in [-0.25, -0.2) is 4.98 Å². The summed E-state index contributed by atoms with van der Waals surface area (Å²) in [5, 5.41) is 0. The molecule has 1 aromatic rings. The summed E-state index contributed by atoms with van der Waals surface area (Å²) in [7, 11) is 0. The maximum atomic E-state index is 11.8. The quantitative estimate of drug-likeness (QED) is 0.710. The third-order valence-corrected chi connectivity index (χ3v) is 2.93. The molecule has 3 heteroatoms. The predicted molar refractivity (Wildman–Crippen MR) is 64.4 cm³/mol. The predicted octanol–water partition coefficient (Wildman–Crippen LogP) is 2.24. The van der Waals surface area contributed by atoms with Crippen molar-refractivity contribution in [2.24, 2.45) is 5.92 Å². The topological polar surface area (TPSA) is 33.2 Å². The summed E-state index contributed by atoms with van der Waals surface area (Å²) < 4.78 is 0. The molecule has 2 heterocycles. The lowest BCUT2D eigenvalue weighted by Gasteiger charge is -2.17. The summed E-state index contributed by atoms with van der Waals surface area (Å²) in [4.78, 5) is 17.9. The number of carbonyl (C=O) groups excluding carboxylic acids is 1. The molecule has 3 nitrogen and oxygen atoms in total. The van der Waals surface area contributed by atoms with Crippen molar-refractivity contribution in [1.82, 2.24) is 4.98 Å². The molecular weight excluding hydrogens is 200 g/mol. The Labute approximate surface area is 95.8 Å². The van der Waals surface area contributed by atoms with E-state index in [1.807, 2.05) is 19.9 Å². The van der Waals surface area contributed by atoms with Crippen molar-refractivity contribution in [3.63, 3.8) is 0 Å². The Hall–Kier alpha value is -1.64. The summed E-state index contributed by atoms with van der Waals surface area (Å²) in [6, 6.07) is 2.05. The number of rotatable bonds is 2. The minimum Gasteiger partial charge on any atom is -0.296 e. The Bertz CT molecular complexity index is 440. The highest BCUT2D eigenvalue weighted by Crippen LogP contribution is 2.26. The van der Waals surface area contributed by atoms with Gasteiger partial charge < -0.3 is 0 Å². The Morgan fingerprint density at radius 3 is 2.88 bits per heavy atom.